The van der Waals surface area contributed by atoms with Crippen molar-refractivity contribution in [3.63, 3.8) is 0 Å². The molecule has 6 heteroatoms. The highest BCUT2D eigenvalue weighted by Gasteiger charge is 2.41. The van der Waals surface area contributed by atoms with E-state index in [1.165, 1.54) is 0 Å². The summed E-state index contributed by atoms with van der Waals surface area (Å²) in [7, 11) is 1.57. The number of hydrogen-bond acceptors (Lipinski definition) is 5. The summed E-state index contributed by atoms with van der Waals surface area (Å²) >= 11 is 0. The Balaban J connectivity index is 2.19. The summed E-state index contributed by atoms with van der Waals surface area (Å²) in [6, 6.07) is 6.50. The molecule has 2 atom stereocenters. The Morgan fingerprint density at radius 3 is 2.63 bits per heavy atom. The fourth-order valence-electron chi connectivity index (χ4n) is 1.90. The van der Waals surface area contributed by atoms with Gasteiger partial charge in [0, 0.05) is 0 Å². The third-order valence-electron chi connectivity index (χ3n) is 2.80. The zero-order chi connectivity index (χ0) is 13.8. The molecule has 19 heavy (non-hydrogen) atoms. The van der Waals surface area contributed by atoms with Crippen molar-refractivity contribution in [3.8, 4) is 5.75 Å². The van der Waals surface area contributed by atoms with E-state index >= 15 is 0 Å². The molecule has 1 aliphatic rings. The van der Waals surface area contributed by atoms with Crippen molar-refractivity contribution in [1.29, 1.82) is 0 Å². The monoisotopic (exact) mass is 265 g/mol. The second-order valence-corrected chi connectivity index (χ2v) is 3.97. The average Bonchev–Trinajstić information content (AvgIpc) is 2.81. The summed E-state index contributed by atoms with van der Waals surface area (Å²) in [6.45, 7) is 1.94. The third-order valence-corrected chi connectivity index (χ3v) is 2.80. The van der Waals surface area contributed by atoms with Crippen molar-refractivity contribution in [2.75, 3.05) is 13.7 Å². The van der Waals surface area contributed by atoms with E-state index in [1.54, 1.807) is 38.3 Å². The second kappa shape index (κ2) is 5.60. The van der Waals surface area contributed by atoms with Gasteiger partial charge in [0.15, 0.2) is 0 Å². The molecule has 0 spiro atoms. The van der Waals surface area contributed by atoms with Crippen molar-refractivity contribution < 1.29 is 23.8 Å². The number of nitrogens with one attached hydrogen (secondary N) is 1. The summed E-state index contributed by atoms with van der Waals surface area (Å²) in [5.74, 6) is 0.142. The number of benzene rings is 1. The van der Waals surface area contributed by atoms with Gasteiger partial charge in [-0.3, -0.25) is 0 Å². The summed E-state index contributed by atoms with van der Waals surface area (Å²) in [5, 5.41) is 2.59. The van der Waals surface area contributed by atoms with Gasteiger partial charge in [-0.25, -0.2) is 9.59 Å². The molecule has 1 amide bonds. The van der Waals surface area contributed by atoms with Crippen LogP contribution in [0, 0.1) is 0 Å². The van der Waals surface area contributed by atoms with E-state index < -0.39 is 24.2 Å². The van der Waals surface area contributed by atoms with Gasteiger partial charge in [0.25, 0.3) is 0 Å². The molecule has 0 bridgehead atoms. The predicted molar refractivity (Wildman–Crippen MR) is 65.8 cm³/mol. The number of methoxy groups -OCH3 is 1. The lowest BCUT2D eigenvalue weighted by atomic mass is 10.0. The third kappa shape index (κ3) is 2.78. The van der Waals surface area contributed by atoms with E-state index in [0.717, 1.165) is 5.56 Å². The molecule has 1 aromatic rings. The molecule has 0 unspecified atom stereocenters. The Labute approximate surface area is 110 Å². The maximum absolute atomic E-state index is 11.7. The number of cyclic esters (lactones) is 1. The standard InChI is InChI=1S/C13H15NO5/c1-3-18-12(15)11-10(14-13(16)19-11)8-4-6-9(17-2)7-5-8/h4-7,10-11H,3H2,1-2H3,(H,14,16)/t10-,11+/m1/s1. The number of carbonyl (C=O) groups is 2. The summed E-state index contributed by atoms with van der Waals surface area (Å²) in [6.07, 6.45) is -1.58. The Morgan fingerprint density at radius 1 is 1.37 bits per heavy atom. The van der Waals surface area contributed by atoms with Crippen LogP contribution < -0.4 is 10.1 Å². The number of esters is 1. The van der Waals surface area contributed by atoms with Gasteiger partial charge >= 0.3 is 12.1 Å². The van der Waals surface area contributed by atoms with Crippen molar-refractivity contribution in [2.24, 2.45) is 0 Å². The molecule has 1 fully saturated rings. The van der Waals surface area contributed by atoms with Gasteiger partial charge in [0.05, 0.1) is 13.7 Å². The van der Waals surface area contributed by atoms with E-state index in [1.807, 2.05) is 0 Å². The van der Waals surface area contributed by atoms with Crippen LogP contribution in [0.5, 0.6) is 5.75 Å². The average molecular weight is 265 g/mol. The normalized spacial score (nSPS) is 21.5. The molecule has 0 aromatic heterocycles. The van der Waals surface area contributed by atoms with Gasteiger partial charge in [0.2, 0.25) is 6.10 Å². The van der Waals surface area contributed by atoms with Crippen LogP contribution in [-0.4, -0.2) is 31.9 Å². The van der Waals surface area contributed by atoms with Crippen LogP contribution in [0.3, 0.4) is 0 Å². The molecule has 0 radical (unpaired) electrons. The minimum Gasteiger partial charge on any atom is -0.497 e. The largest absolute Gasteiger partial charge is 0.497 e. The Hall–Kier alpha value is -2.24. The molecule has 1 saturated heterocycles. The Kier molecular flexibility index (Phi) is 3.89. The molecule has 1 aliphatic heterocycles. The van der Waals surface area contributed by atoms with Gasteiger partial charge in [-0.1, -0.05) is 12.1 Å². The highest BCUT2D eigenvalue weighted by molar-refractivity contribution is 5.83. The molecule has 102 valence electrons. The van der Waals surface area contributed by atoms with Gasteiger partial charge in [-0.15, -0.1) is 0 Å². The van der Waals surface area contributed by atoms with E-state index in [2.05, 4.69) is 5.32 Å². The zero-order valence-corrected chi connectivity index (χ0v) is 10.7. The smallest absolute Gasteiger partial charge is 0.408 e. The zero-order valence-electron chi connectivity index (χ0n) is 10.7. The molecular formula is C13H15NO5. The fourth-order valence-corrected chi connectivity index (χ4v) is 1.90. The number of ether oxygens (including phenoxy) is 3. The lowest BCUT2D eigenvalue weighted by molar-refractivity contribution is -0.152. The lowest BCUT2D eigenvalue weighted by Crippen LogP contribution is -2.30. The first-order valence-corrected chi connectivity index (χ1v) is 5.93. The van der Waals surface area contributed by atoms with E-state index in [-0.39, 0.29) is 6.61 Å². The summed E-state index contributed by atoms with van der Waals surface area (Å²) in [4.78, 5) is 23.0. The van der Waals surface area contributed by atoms with E-state index in [4.69, 9.17) is 14.2 Å². The van der Waals surface area contributed by atoms with Crippen LogP contribution in [0.15, 0.2) is 24.3 Å². The lowest BCUT2D eigenvalue weighted by Gasteiger charge is -2.16. The molecular weight excluding hydrogens is 250 g/mol. The predicted octanol–water partition coefficient (Wildman–Crippen LogP) is 1.41. The van der Waals surface area contributed by atoms with Crippen molar-refractivity contribution in [1.82, 2.24) is 5.32 Å². The molecule has 2 rings (SSSR count). The van der Waals surface area contributed by atoms with Crippen molar-refractivity contribution in [2.45, 2.75) is 19.1 Å². The summed E-state index contributed by atoms with van der Waals surface area (Å²) < 4.78 is 14.9. The first-order chi connectivity index (χ1) is 9.15. The molecule has 1 N–H and O–H groups in total. The second-order valence-electron chi connectivity index (χ2n) is 3.97. The maximum Gasteiger partial charge on any atom is 0.408 e. The van der Waals surface area contributed by atoms with Crippen molar-refractivity contribution >= 4 is 12.1 Å². The molecule has 6 nitrogen and oxygen atoms in total. The number of alkyl carbamates (subject to hydrolysis) is 1. The van der Waals surface area contributed by atoms with Crippen LogP contribution >= 0.6 is 0 Å². The highest BCUT2D eigenvalue weighted by Crippen LogP contribution is 2.27. The van der Waals surface area contributed by atoms with Crippen LogP contribution in [-0.2, 0) is 14.3 Å². The fraction of sp³-hybridized carbons (Fsp3) is 0.385. The Bertz CT molecular complexity index is 470. The van der Waals surface area contributed by atoms with E-state index in [9.17, 15) is 9.59 Å². The number of carbonyl (C=O) groups excluding carboxylic acids is 2. The first-order valence-electron chi connectivity index (χ1n) is 5.93. The first kappa shape index (κ1) is 13.2. The number of hydrogen-bond donors (Lipinski definition) is 1. The van der Waals surface area contributed by atoms with Crippen LogP contribution in [0.4, 0.5) is 4.79 Å². The molecule has 0 aliphatic carbocycles. The van der Waals surface area contributed by atoms with Crippen LogP contribution in [0.2, 0.25) is 0 Å². The molecule has 0 saturated carbocycles. The van der Waals surface area contributed by atoms with Crippen molar-refractivity contribution in [3.05, 3.63) is 29.8 Å². The maximum atomic E-state index is 11.7. The van der Waals surface area contributed by atoms with Gasteiger partial charge in [0.1, 0.15) is 11.8 Å². The van der Waals surface area contributed by atoms with Gasteiger partial charge in [-0.2, -0.15) is 0 Å². The molecule has 1 aromatic carbocycles. The Morgan fingerprint density at radius 2 is 2.05 bits per heavy atom. The summed E-state index contributed by atoms with van der Waals surface area (Å²) in [5.41, 5.74) is 0.754. The van der Waals surface area contributed by atoms with E-state index in [0.29, 0.717) is 5.75 Å². The van der Waals surface area contributed by atoms with Crippen LogP contribution in [0.1, 0.15) is 18.5 Å². The highest BCUT2D eigenvalue weighted by atomic mass is 16.6. The SMILES string of the molecule is CCOC(=O)[C@H]1OC(=O)N[C@@H]1c1ccc(OC)cc1. The topological polar surface area (TPSA) is 73.9 Å². The quantitative estimate of drug-likeness (QED) is 0.833. The van der Waals surface area contributed by atoms with Gasteiger partial charge in [-0.05, 0) is 24.6 Å². The number of rotatable bonds is 4. The van der Waals surface area contributed by atoms with Gasteiger partial charge < -0.3 is 19.5 Å². The minimum atomic E-state index is -0.958. The van der Waals surface area contributed by atoms with Crippen LogP contribution in [0.25, 0.3) is 0 Å². The minimum absolute atomic E-state index is 0.238. The number of amides is 1. The molecule has 1 heterocycles.